The smallest absolute Gasteiger partial charge is 0.339 e. The van der Waals surface area contributed by atoms with E-state index in [-0.39, 0.29) is 5.56 Å². The number of hydrogen-bond donors (Lipinski definition) is 1. The van der Waals surface area contributed by atoms with Crippen molar-refractivity contribution < 1.29 is 14.6 Å². The molecule has 100 valence electrons. The van der Waals surface area contributed by atoms with Gasteiger partial charge in [0, 0.05) is 6.20 Å². The molecule has 1 N–H and O–H groups in total. The van der Waals surface area contributed by atoms with Crippen molar-refractivity contribution in [3.8, 4) is 5.75 Å². The number of hydrogen-bond acceptors (Lipinski definition) is 3. The molecule has 4 nitrogen and oxygen atoms in total. The molecule has 0 fully saturated rings. The van der Waals surface area contributed by atoms with Crippen molar-refractivity contribution in [3.05, 3.63) is 24.0 Å². The Morgan fingerprint density at radius 2 is 2.00 bits per heavy atom. The number of aromatic carboxylic acids is 1. The molecule has 4 heteroatoms. The van der Waals surface area contributed by atoms with Crippen LogP contribution < -0.4 is 4.74 Å². The summed E-state index contributed by atoms with van der Waals surface area (Å²) in [6.07, 6.45) is 10.0. The van der Waals surface area contributed by atoms with E-state index in [0.29, 0.717) is 12.4 Å². The molecule has 0 radical (unpaired) electrons. The SMILES string of the molecule is CCCCCCCCOc1cnccc1C(=O)O. The standard InChI is InChI=1S/C14H21NO3/c1-2-3-4-5-6-7-10-18-13-11-15-9-8-12(13)14(16)17/h8-9,11H,2-7,10H2,1H3,(H,16,17). The Hall–Kier alpha value is -1.58. The van der Waals surface area contributed by atoms with Gasteiger partial charge in [0.15, 0.2) is 5.75 Å². The normalized spacial score (nSPS) is 10.3. The Labute approximate surface area is 108 Å². The third-order valence-electron chi connectivity index (χ3n) is 2.77. The van der Waals surface area contributed by atoms with Crippen molar-refractivity contribution in [1.82, 2.24) is 4.98 Å². The van der Waals surface area contributed by atoms with Gasteiger partial charge in [-0.05, 0) is 12.5 Å². The largest absolute Gasteiger partial charge is 0.491 e. The zero-order valence-electron chi connectivity index (χ0n) is 10.9. The van der Waals surface area contributed by atoms with Gasteiger partial charge < -0.3 is 9.84 Å². The average molecular weight is 251 g/mol. The molecule has 1 rings (SSSR count). The minimum Gasteiger partial charge on any atom is -0.491 e. The average Bonchev–Trinajstić information content (AvgIpc) is 2.38. The van der Waals surface area contributed by atoms with Crippen LogP contribution in [0.5, 0.6) is 5.75 Å². The predicted octanol–water partition coefficient (Wildman–Crippen LogP) is 3.52. The molecular weight excluding hydrogens is 230 g/mol. The predicted molar refractivity (Wildman–Crippen MR) is 70.1 cm³/mol. The molecule has 0 spiro atoms. The third kappa shape index (κ3) is 5.17. The van der Waals surface area contributed by atoms with Crippen LogP contribution in [-0.4, -0.2) is 22.7 Å². The van der Waals surface area contributed by atoms with Gasteiger partial charge in [-0.2, -0.15) is 0 Å². The van der Waals surface area contributed by atoms with Crippen LogP contribution in [0.25, 0.3) is 0 Å². The van der Waals surface area contributed by atoms with E-state index in [1.807, 2.05) is 0 Å². The number of aromatic nitrogens is 1. The van der Waals surface area contributed by atoms with Gasteiger partial charge in [-0.15, -0.1) is 0 Å². The summed E-state index contributed by atoms with van der Waals surface area (Å²) in [6.45, 7) is 2.75. The van der Waals surface area contributed by atoms with E-state index in [0.717, 1.165) is 12.8 Å². The zero-order valence-corrected chi connectivity index (χ0v) is 10.9. The number of rotatable bonds is 9. The lowest BCUT2D eigenvalue weighted by molar-refractivity contribution is 0.0692. The highest BCUT2D eigenvalue weighted by Gasteiger charge is 2.10. The monoisotopic (exact) mass is 251 g/mol. The van der Waals surface area contributed by atoms with E-state index in [1.165, 1.54) is 44.1 Å². The first-order valence-corrected chi connectivity index (χ1v) is 6.55. The molecule has 18 heavy (non-hydrogen) atoms. The minimum absolute atomic E-state index is 0.177. The number of pyridine rings is 1. The number of carboxylic acid groups (broad SMARTS) is 1. The van der Waals surface area contributed by atoms with Crippen molar-refractivity contribution in [3.63, 3.8) is 0 Å². The molecule has 0 amide bonds. The van der Waals surface area contributed by atoms with Crippen molar-refractivity contribution in [2.75, 3.05) is 6.61 Å². The van der Waals surface area contributed by atoms with E-state index in [9.17, 15) is 4.79 Å². The Kier molecular flexibility index (Phi) is 6.84. The summed E-state index contributed by atoms with van der Waals surface area (Å²) in [5.41, 5.74) is 0.177. The highest BCUT2D eigenvalue weighted by molar-refractivity contribution is 5.90. The summed E-state index contributed by atoms with van der Waals surface area (Å²) in [6, 6.07) is 1.46. The molecule has 0 saturated heterocycles. The number of nitrogens with zero attached hydrogens (tertiary/aromatic N) is 1. The second kappa shape index (κ2) is 8.50. The number of carboxylic acids is 1. The molecule has 0 aliphatic carbocycles. The van der Waals surface area contributed by atoms with Crippen LogP contribution >= 0.6 is 0 Å². The summed E-state index contributed by atoms with van der Waals surface area (Å²) in [7, 11) is 0. The molecule has 0 unspecified atom stereocenters. The molecule has 0 saturated carbocycles. The summed E-state index contributed by atoms with van der Waals surface area (Å²) < 4.78 is 5.46. The van der Waals surface area contributed by atoms with Gasteiger partial charge in [-0.1, -0.05) is 39.0 Å². The fourth-order valence-electron chi connectivity index (χ4n) is 1.74. The molecule has 0 aromatic carbocycles. The molecular formula is C14H21NO3. The van der Waals surface area contributed by atoms with E-state index < -0.39 is 5.97 Å². The summed E-state index contributed by atoms with van der Waals surface area (Å²) in [5, 5.41) is 8.96. The van der Waals surface area contributed by atoms with Crippen LogP contribution in [0.2, 0.25) is 0 Å². The number of ether oxygens (including phenoxy) is 1. The maximum Gasteiger partial charge on any atom is 0.339 e. The van der Waals surface area contributed by atoms with Crippen LogP contribution in [0, 0.1) is 0 Å². The molecule has 1 aromatic heterocycles. The highest BCUT2D eigenvalue weighted by atomic mass is 16.5. The quantitative estimate of drug-likeness (QED) is 0.682. The van der Waals surface area contributed by atoms with E-state index in [4.69, 9.17) is 9.84 Å². The van der Waals surface area contributed by atoms with Gasteiger partial charge in [0.05, 0.1) is 12.8 Å². The first-order chi connectivity index (χ1) is 8.75. The first kappa shape index (κ1) is 14.5. The van der Waals surface area contributed by atoms with Crippen LogP contribution in [0.4, 0.5) is 0 Å². The zero-order chi connectivity index (χ0) is 13.2. The van der Waals surface area contributed by atoms with Gasteiger partial charge >= 0.3 is 5.97 Å². The number of unbranched alkanes of at least 4 members (excludes halogenated alkanes) is 5. The molecule has 1 aromatic rings. The molecule has 0 aliphatic rings. The Balaban J connectivity index is 2.25. The Morgan fingerprint density at radius 3 is 2.72 bits per heavy atom. The fraction of sp³-hybridized carbons (Fsp3) is 0.571. The maximum absolute atomic E-state index is 10.9. The lowest BCUT2D eigenvalue weighted by Crippen LogP contribution is -2.04. The Bertz CT molecular complexity index is 366. The lowest BCUT2D eigenvalue weighted by atomic mass is 10.1. The first-order valence-electron chi connectivity index (χ1n) is 6.55. The summed E-state index contributed by atoms with van der Waals surface area (Å²) >= 11 is 0. The minimum atomic E-state index is -0.977. The molecule has 1 heterocycles. The topological polar surface area (TPSA) is 59.4 Å². The summed E-state index contributed by atoms with van der Waals surface area (Å²) in [5.74, 6) is -0.617. The maximum atomic E-state index is 10.9. The van der Waals surface area contributed by atoms with Gasteiger partial charge in [0.25, 0.3) is 0 Å². The van der Waals surface area contributed by atoms with Crippen molar-refractivity contribution >= 4 is 5.97 Å². The van der Waals surface area contributed by atoms with Gasteiger partial charge in [0.1, 0.15) is 5.56 Å². The van der Waals surface area contributed by atoms with Crippen LogP contribution in [0.15, 0.2) is 18.5 Å². The lowest BCUT2D eigenvalue weighted by Gasteiger charge is -2.08. The van der Waals surface area contributed by atoms with Crippen molar-refractivity contribution in [2.24, 2.45) is 0 Å². The van der Waals surface area contributed by atoms with Crippen LogP contribution in [0.1, 0.15) is 55.8 Å². The molecule has 0 aliphatic heterocycles. The second-order valence-corrected chi connectivity index (χ2v) is 4.29. The van der Waals surface area contributed by atoms with Crippen LogP contribution in [0.3, 0.4) is 0 Å². The van der Waals surface area contributed by atoms with E-state index in [1.54, 1.807) is 0 Å². The number of carbonyl (C=O) groups is 1. The van der Waals surface area contributed by atoms with Crippen molar-refractivity contribution in [1.29, 1.82) is 0 Å². The summed E-state index contributed by atoms with van der Waals surface area (Å²) in [4.78, 5) is 14.8. The van der Waals surface area contributed by atoms with Crippen LogP contribution in [-0.2, 0) is 0 Å². The van der Waals surface area contributed by atoms with E-state index >= 15 is 0 Å². The van der Waals surface area contributed by atoms with Gasteiger partial charge in [0.2, 0.25) is 0 Å². The molecule has 0 atom stereocenters. The van der Waals surface area contributed by atoms with Gasteiger partial charge in [-0.25, -0.2) is 4.79 Å². The van der Waals surface area contributed by atoms with Gasteiger partial charge in [-0.3, -0.25) is 4.98 Å². The fourth-order valence-corrected chi connectivity index (χ4v) is 1.74. The molecule has 0 bridgehead atoms. The second-order valence-electron chi connectivity index (χ2n) is 4.29. The Morgan fingerprint density at radius 1 is 1.28 bits per heavy atom. The van der Waals surface area contributed by atoms with Crippen molar-refractivity contribution in [2.45, 2.75) is 45.4 Å². The highest BCUT2D eigenvalue weighted by Crippen LogP contribution is 2.16. The van der Waals surface area contributed by atoms with E-state index in [2.05, 4.69) is 11.9 Å². The third-order valence-corrected chi connectivity index (χ3v) is 2.77.